The summed E-state index contributed by atoms with van der Waals surface area (Å²) < 4.78 is 14.8. The Labute approximate surface area is 121 Å². The van der Waals surface area contributed by atoms with E-state index in [1.165, 1.54) is 6.20 Å². The zero-order chi connectivity index (χ0) is 14.4. The van der Waals surface area contributed by atoms with E-state index >= 15 is 0 Å². The monoisotopic (exact) mass is 297 g/mol. The van der Waals surface area contributed by atoms with Gasteiger partial charge in [-0.25, -0.2) is 0 Å². The Balaban J connectivity index is 1.69. The molecule has 2 heterocycles. The van der Waals surface area contributed by atoms with E-state index in [9.17, 15) is 5.11 Å². The molecule has 1 atom stereocenters. The first kappa shape index (κ1) is 14.9. The van der Waals surface area contributed by atoms with Crippen molar-refractivity contribution in [3.63, 3.8) is 0 Å². The fourth-order valence-corrected chi connectivity index (χ4v) is 2.23. The molecule has 0 aromatic carbocycles. The van der Waals surface area contributed by atoms with Gasteiger partial charge in [-0.3, -0.25) is 4.68 Å². The van der Waals surface area contributed by atoms with Gasteiger partial charge in [0.1, 0.15) is 18.9 Å². The van der Waals surface area contributed by atoms with Crippen LogP contribution in [0.25, 0.3) is 0 Å². The Morgan fingerprint density at radius 2 is 2.40 bits per heavy atom. The third kappa shape index (κ3) is 4.26. The number of aryl methyl sites for hydroxylation is 2. The number of aliphatic hydroxyl groups excluding tert-OH is 1. The highest BCUT2D eigenvalue weighted by molar-refractivity contribution is 6.99. The number of aromatic nitrogens is 4. The average Bonchev–Trinajstić information content (AvgIpc) is 3.05. The van der Waals surface area contributed by atoms with Gasteiger partial charge in [0, 0.05) is 31.9 Å². The fraction of sp³-hybridized carbons (Fsp3) is 0.583. The topological polar surface area (TPSA) is 85.1 Å². The third-order valence-electron chi connectivity index (χ3n) is 2.79. The Bertz CT molecular complexity index is 514. The first-order valence-electron chi connectivity index (χ1n) is 6.49. The number of rotatable bonds is 8. The molecule has 2 aromatic heterocycles. The SMILES string of the molecule is CCc1nn(C)cc1CNCC(O)COc1cnsn1. The third-order valence-corrected chi connectivity index (χ3v) is 3.25. The smallest absolute Gasteiger partial charge is 0.245 e. The molecule has 2 N–H and O–H groups in total. The van der Waals surface area contributed by atoms with Crippen LogP contribution in [0.1, 0.15) is 18.2 Å². The number of nitrogens with zero attached hydrogens (tertiary/aromatic N) is 4. The molecule has 0 fully saturated rings. The molecule has 0 aliphatic carbocycles. The lowest BCUT2D eigenvalue weighted by Gasteiger charge is -2.11. The highest BCUT2D eigenvalue weighted by Gasteiger charge is 2.09. The van der Waals surface area contributed by atoms with Crippen LogP contribution in [0.3, 0.4) is 0 Å². The van der Waals surface area contributed by atoms with Crippen molar-refractivity contribution in [3.05, 3.63) is 23.7 Å². The van der Waals surface area contributed by atoms with Crippen LogP contribution in [-0.2, 0) is 20.0 Å². The highest BCUT2D eigenvalue weighted by atomic mass is 32.1. The average molecular weight is 297 g/mol. The molecule has 0 bridgehead atoms. The van der Waals surface area contributed by atoms with E-state index in [4.69, 9.17) is 4.74 Å². The number of ether oxygens (including phenoxy) is 1. The minimum absolute atomic E-state index is 0.200. The second kappa shape index (κ2) is 7.32. The van der Waals surface area contributed by atoms with Crippen LogP contribution >= 0.6 is 11.7 Å². The predicted octanol–water partition coefficient (Wildman–Crippen LogP) is 0.363. The molecule has 0 radical (unpaired) electrons. The fourth-order valence-electron chi connectivity index (χ4n) is 1.86. The first-order valence-corrected chi connectivity index (χ1v) is 7.22. The van der Waals surface area contributed by atoms with Crippen LogP contribution < -0.4 is 10.1 Å². The Kier molecular flexibility index (Phi) is 5.45. The maximum absolute atomic E-state index is 9.80. The van der Waals surface area contributed by atoms with Gasteiger partial charge in [-0.2, -0.15) is 9.47 Å². The largest absolute Gasteiger partial charge is 0.473 e. The summed E-state index contributed by atoms with van der Waals surface area (Å²) >= 11 is 1.08. The molecule has 0 amide bonds. The van der Waals surface area contributed by atoms with Crippen LogP contribution in [0.5, 0.6) is 5.88 Å². The lowest BCUT2D eigenvalue weighted by Crippen LogP contribution is -2.31. The molecule has 2 aromatic rings. The Hall–Kier alpha value is -1.51. The maximum Gasteiger partial charge on any atom is 0.245 e. The van der Waals surface area contributed by atoms with Gasteiger partial charge < -0.3 is 15.2 Å². The maximum atomic E-state index is 9.80. The summed E-state index contributed by atoms with van der Waals surface area (Å²) in [7, 11) is 1.91. The van der Waals surface area contributed by atoms with Crippen molar-refractivity contribution in [3.8, 4) is 5.88 Å². The van der Waals surface area contributed by atoms with Crippen molar-refractivity contribution in [2.75, 3.05) is 13.2 Å². The molecule has 0 aliphatic rings. The minimum Gasteiger partial charge on any atom is -0.473 e. The summed E-state index contributed by atoms with van der Waals surface area (Å²) in [6.07, 6.45) is 3.85. The Morgan fingerprint density at radius 3 is 3.10 bits per heavy atom. The summed E-state index contributed by atoms with van der Waals surface area (Å²) in [6.45, 7) is 3.42. The van der Waals surface area contributed by atoms with E-state index in [1.807, 2.05) is 17.9 Å². The van der Waals surface area contributed by atoms with Gasteiger partial charge in [0.25, 0.3) is 0 Å². The second-order valence-electron chi connectivity index (χ2n) is 4.47. The van der Waals surface area contributed by atoms with Crippen LogP contribution in [-0.4, -0.2) is 42.9 Å². The summed E-state index contributed by atoms with van der Waals surface area (Å²) in [6, 6.07) is 0. The lowest BCUT2D eigenvalue weighted by atomic mass is 10.2. The van der Waals surface area contributed by atoms with Gasteiger partial charge in [-0.1, -0.05) is 6.92 Å². The molecule has 0 aliphatic heterocycles. The van der Waals surface area contributed by atoms with Crippen LogP contribution in [0, 0.1) is 0 Å². The molecule has 110 valence electrons. The van der Waals surface area contributed by atoms with Gasteiger partial charge in [0.05, 0.1) is 17.4 Å². The van der Waals surface area contributed by atoms with Gasteiger partial charge in [0.15, 0.2) is 0 Å². The number of hydrogen-bond acceptors (Lipinski definition) is 7. The molecule has 1 unspecified atom stereocenters. The van der Waals surface area contributed by atoms with E-state index < -0.39 is 6.10 Å². The van der Waals surface area contributed by atoms with E-state index in [0.29, 0.717) is 19.0 Å². The van der Waals surface area contributed by atoms with E-state index in [-0.39, 0.29) is 6.61 Å². The first-order chi connectivity index (χ1) is 9.69. The molecule has 0 spiro atoms. The second-order valence-corrected chi connectivity index (χ2v) is 5.03. The van der Waals surface area contributed by atoms with Crippen LogP contribution in [0.4, 0.5) is 0 Å². The van der Waals surface area contributed by atoms with Crippen molar-refractivity contribution in [1.29, 1.82) is 0 Å². The molecular formula is C12H19N5O2S. The molecular weight excluding hydrogens is 278 g/mol. The standard InChI is InChI=1S/C12H19N5O2S/c1-3-11-9(7-17(2)15-11)4-13-5-10(18)8-19-12-6-14-20-16-12/h6-7,10,13,18H,3-5,8H2,1-2H3. The molecule has 2 rings (SSSR count). The summed E-state index contributed by atoms with van der Waals surface area (Å²) in [5, 5.41) is 17.4. The quantitative estimate of drug-likeness (QED) is 0.732. The van der Waals surface area contributed by atoms with Gasteiger partial charge in [-0.05, 0) is 6.42 Å². The van der Waals surface area contributed by atoms with Crippen LogP contribution in [0.2, 0.25) is 0 Å². The zero-order valence-corrected chi connectivity index (χ0v) is 12.4. The van der Waals surface area contributed by atoms with Crippen LogP contribution in [0.15, 0.2) is 12.4 Å². The molecule has 20 heavy (non-hydrogen) atoms. The molecule has 0 saturated heterocycles. The van der Waals surface area contributed by atoms with Crippen molar-refractivity contribution in [2.24, 2.45) is 7.05 Å². The number of nitrogens with one attached hydrogen (secondary N) is 1. The molecule has 0 saturated carbocycles. The van der Waals surface area contributed by atoms with Crippen molar-refractivity contribution in [2.45, 2.75) is 26.0 Å². The van der Waals surface area contributed by atoms with Gasteiger partial charge >= 0.3 is 0 Å². The van der Waals surface area contributed by atoms with Gasteiger partial charge in [-0.15, -0.1) is 4.37 Å². The highest BCUT2D eigenvalue weighted by Crippen LogP contribution is 2.07. The summed E-state index contributed by atoms with van der Waals surface area (Å²) in [4.78, 5) is 0. The number of aliphatic hydroxyl groups is 1. The van der Waals surface area contributed by atoms with E-state index in [1.54, 1.807) is 0 Å². The summed E-state index contributed by atoms with van der Waals surface area (Å²) in [5.41, 5.74) is 2.24. The van der Waals surface area contributed by atoms with E-state index in [0.717, 1.165) is 29.4 Å². The minimum atomic E-state index is -0.585. The summed E-state index contributed by atoms with van der Waals surface area (Å²) in [5.74, 6) is 0.453. The van der Waals surface area contributed by atoms with Crippen molar-refractivity contribution >= 4 is 11.7 Å². The van der Waals surface area contributed by atoms with E-state index in [2.05, 4.69) is 26.1 Å². The molecule has 7 nitrogen and oxygen atoms in total. The van der Waals surface area contributed by atoms with Gasteiger partial charge in [0.2, 0.25) is 5.88 Å². The Morgan fingerprint density at radius 1 is 1.55 bits per heavy atom. The molecule has 8 heteroatoms. The zero-order valence-electron chi connectivity index (χ0n) is 11.6. The van der Waals surface area contributed by atoms with Crippen molar-refractivity contribution in [1.82, 2.24) is 23.8 Å². The normalized spacial score (nSPS) is 12.6. The number of hydrogen-bond donors (Lipinski definition) is 2. The lowest BCUT2D eigenvalue weighted by molar-refractivity contribution is 0.104. The van der Waals surface area contributed by atoms with Crippen molar-refractivity contribution < 1.29 is 9.84 Å². The predicted molar refractivity (Wildman–Crippen MR) is 75.7 cm³/mol.